The monoisotopic (exact) mass is 348 g/mol. The molecule has 2 aromatic rings. The number of aromatic nitrogens is 4. The Morgan fingerprint density at radius 3 is 2.44 bits per heavy atom. The maximum Gasteiger partial charge on any atom is 0.209 e. The standard InChI is InChI=1S/C18H27FN6/c1-14(2)12-17(24-10-8-23(3)9-11-24)18-20-21-22-25(18)13-15-4-6-16(19)7-5-15/h4-7,14,17H,8-13H2,1-3H3/p+2/t17-/m1/s1. The number of halogens is 1. The molecule has 1 aliphatic heterocycles. The average molecular weight is 348 g/mol. The van der Waals surface area contributed by atoms with Crippen molar-refractivity contribution >= 4 is 0 Å². The van der Waals surface area contributed by atoms with Crippen LogP contribution < -0.4 is 9.80 Å². The second kappa shape index (κ2) is 8.01. The molecule has 1 aromatic heterocycles. The largest absolute Gasteiger partial charge is 0.328 e. The van der Waals surface area contributed by atoms with Gasteiger partial charge in [-0.3, -0.25) is 0 Å². The van der Waals surface area contributed by atoms with Crippen LogP contribution in [0.2, 0.25) is 0 Å². The zero-order valence-corrected chi connectivity index (χ0v) is 15.4. The van der Waals surface area contributed by atoms with Crippen LogP contribution in [0.25, 0.3) is 0 Å². The van der Waals surface area contributed by atoms with Crippen LogP contribution in [0.5, 0.6) is 0 Å². The lowest BCUT2D eigenvalue weighted by atomic mass is 10.0. The smallest absolute Gasteiger partial charge is 0.209 e. The molecule has 1 fully saturated rings. The quantitative estimate of drug-likeness (QED) is 0.730. The molecule has 0 amide bonds. The molecule has 1 aromatic carbocycles. The van der Waals surface area contributed by atoms with Crippen molar-refractivity contribution in [1.29, 1.82) is 0 Å². The molecule has 3 rings (SSSR count). The number of rotatable bonds is 6. The number of hydrogen-bond donors (Lipinski definition) is 2. The lowest BCUT2D eigenvalue weighted by Gasteiger charge is -2.33. The number of benzene rings is 1. The van der Waals surface area contributed by atoms with E-state index in [1.165, 1.54) is 25.2 Å². The SMILES string of the molecule is CC(C)C[C@H](c1nnnn1Cc1ccc(F)cc1)[NH+]1CC[NH+](C)CC1. The van der Waals surface area contributed by atoms with Gasteiger partial charge in [-0.05, 0) is 34.0 Å². The van der Waals surface area contributed by atoms with E-state index >= 15 is 0 Å². The highest BCUT2D eigenvalue weighted by Crippen LogP contribution is 2.17. The Morgan fingerprint density at radius 1 is 1.12 bits per heavy atom. The van der Waals surface area contributed by atoms with Gasteiger partial charge in [0.25, 0.3) is 0 Å². The summed E-state index contributed by atoms with van der Waals surface area (Å²) in [6.45, 7) is 9.74. The fraction of sp³-hybridized carbons (Fsp3) is 0.611. The van der Waals surface area contributed by atoms with Gasteiger partial charge in [-0.25, -0.2) is 9.07 Å². The molecule has 0 radical (unpaired) electrons. The minimum atomic E-state index is -0.220. The summed E-state index contributed by atoms with van der Waals surface area (Å²) in [7, 11) is 2.26. The Balaban J connectivity index is 1.81. The van der Waals surface area contributed by atoms with Gasteiger partial charge in [0, 0.05) is 6.42 Å². The Bertz CT molecular complexity index is 660. The molecule has 1 atom stereocenters. The van der Waals surface area contributed by atoms with Crippen molar-refractivity contribution in [3.05, 3.63) is 41.5 Å². The van der Waals surface area contributed by atoms with Crippen molar-refractivity contribution in [2.75, 3.05) is 33.2 Å². The Morgan fingerprint density at radius 2 is 1.80 bits per heavy atom. The maximum absolute atomic E-state index is 13.1. The summed E-state index contributed by atoms with van der Waals surface area (Å²) in [5, 5.41) is 12.5. The molecule has 0 aliphatic carbocycles. The van der Waals surface area contributed by atoms with Crippen molar-refractivity contribution in [1.82, 2.24) is 20.2 Å². The lowest BCUT2D eigenvalue weighted by molar-refractivity contribution is -1.02. The first-order valence-electron chi connectivity index (χ1n) is 9.19. The molecule has 1 saturated heterocycles. The zero-order chi connectivity index (χ0) is 17.8. The van der Waals surface area contributed by atoms with Gasteiger partial charge >= 0.3 is 0 Å². The Hall–Kier alpha value is -1.86. The van der Waals surface area contributed by atoms with E-state index in [9.17, 15) is 4.39 Å². The molecular weight excluding hydrogens is 319 g/mol. The van der Waals surface area contributed by atoms with Crippen molar-refractivity contribution in [2.45, 2.75) is 32.9 Å². The summed E-state index contributed by atoms with van der Waals surface area (Å²) in [4.78, 5) is 3.17. The summed E-state index contributed by atoms with van der Waals surface area (Å²) in [6.07, 6.45) is 1.07. The molecule has 0 spiro atoms. The number of nitrogens with zero attached hydrogens (tertiary/aromatic N) is 4. The molecule has 0 saturated carbocycles. The summed E-state index contributed by atoms with van der Waals surface area (Å²) in [5.41, 5.74) is 1.01. The van der Waals surface area contributed by atoms with Crippen molar-refractivity contribution < 1.29 is 14.2 Å². The van der Waals surface area contributed by atoms with E-state index in [1.807, 2.05) is 4.68 Å². The average Bonchev–Trinajstić information content (AvgIpc) is 3.03. The van der Waals surface area contributed by atoms with Gasteiger partial charge in [0.2, 0.25) is 5.82 Å². The van der Waals surface area contributed by atoms with Gasteiger partial charge in [0.05, 0.1) is 13.6 Å². The van der Waals surface area contributed by atoms with Gasteiger partial charge in [-0.15, -0.1) is 5.10 Å². The van der Waals surface area contributed by atoms with Crippen LogP contribution in [0.15, 0.2) is 24.3 Å². The van der Waals surface area contributed by atoms with Gasteiger partial charge < -0.3 is 9.80 Å². The fourth-order valence-corrected chi connectivity index (χ4v) is 3.61. The van der Waals surface area contributed by atoms with Crippen LogP contribution in [-0.4, -0.2) is 53.4 Å². The molecule has 1 aliphatic rings. The number of tetrazole rings is 1. The van der Waals surface area contributed by atoms with E-state index in [4.69, 9.17) is 0 Å². The highest BCUT2D eigenvalue weighted by molar-refractivity contribution is 5.16. The van der Waals surface area contributed by atoms with Crippen LogP contribution in [0.3, 0.4) is 0 Å². The Labute approximate surface area is 148 Å². The number of piperazine rings is 1. The van der Waals surface area contributed by atoms with E-state index in [0.29, 0.717) is 18.5 Å². The first-order chi connectivity index (χ1) is 12.0. The van der Waals surface area contributed by atoms with Crippen LogP contribution in [0.1, 0.15) is 37.7 Å². The van der Waals surface area contributed by atoms with E-state index in [-0.39, 0.29) is 5.82 Å². The topological polar surface area (TPSA) is 52.5 Å². The molecule has 6 nitrogen and oxygen atoms in total. The highest BCUT2D eigenvalue weighted by atomic mass is 19.1. The van der Waals surface area contributed by atoms with E-state index in [1.54, 1.807) is 21.9 Å². The number of likely N-dealkylation sites (N-methyl/N-ethyl adjacent to an activating group) is 1. The third-order valence-electron chi connectivity index (χ3n) is 5.06. The summed E-state index contributed by atoms with van der Waals surface area (Å²) < 4.78 is 15.0. The maximum atomic E-state index is 13.1. The molecule has 7 heteroatoms. The third kappa shape index (κ3) is 4.61. The highest BCUT2D eigenvalue weighted by Gasteiger charge is 2.33. The van der Waals surface area contributed by atoms with Crippen molar-refractivity contribution in [3.8, 4) is 0 Å². The molecular formula is C18H29FN6+2. The minimum absolute atomic E-state index is 0.220. The number of hydrogen-bond acceptors (Lipinski definition) is 3. The second-order valence-corrected chi connectivity index (χ2v) is 7.62. The fourth-order valence-electron chi connectivity index (χ4n) is 3.61. The third-order valence-corrected chi connectivity index (χ3v) is 5.06. The van der Waals surface area contributed by atoms with Gasteiger partial charge in [-0.1, -0.05) is 26.0 Å². The Kier molecular flexibility index (Phi) is 5.75. The summed E-state index contributed by atoms with van der Waals surface area (Å²) in [6, 6.07) is 6.87. The van der Waals surface area contributed by atoms with Crippen molar-refractivity contribution in [3.63, 3.8) is 0 Å². The van der Waals surface area contributed by atoms with Crippen LogP contribution in [-0.2, 0) is 6.54 Å². The van der Waals surface area contributed by atoms with Gasteiger partial charge in [0.1, 0.15) is 32.0 Å². The predicted molar refractivity (Wildman–Crippen MR) is 92.8 cm³/mol. The minimum Gasteiger partial charge on any atom is -0.328 e. The molecule has 0 unspecified atom stereocenters. The van der Waals surface area contributed by atoms with Crippen LogP contribution in [0.4, 0.5) is 4.39 Å². The molecule has 136 valence electrons. The first kappa shape index (κ1) is 17.9. The van der Waals surface area contributed by atoms with Crippen LogP contribution in [0, 0.1) is 11.7 Å². The summed E-state index contributed by atoms with van der Waals surface area (Å²) >= 11 is 0. The second-order valence-electron chi connectivity index (χ2n) is 7.62. The molecule has 2 N–H and O–H groups in total. The predicted octanol–water partition coefficient (Wildman–Crippen LogP) is -0.639. The van der Waals surface area contributed by atoms with Crippen molar-refractivity contribution in [2.24, 2.45) is 5.92 Å². The lowest BCUT2D eigenvalue weighted by Crippen LogP contribution is -3.27. The number of quaternary nitrogens is 2. The summed E-state index contributed by atoms with van der Waals surface area (Å²) in [5.74, 6) is 1.32. The van der Waals surface area contributed by atoms with E-state index in [0.717, 1.165) is 30.9 Å². The van der Waals surface area contributed by atoms with Crippen LogP contribution >= 0.6 is 0 Å². The van der Waals surface area contributed by atoms with Gasteiger partial charge in [0.15, 0.2) is 6.04 Å². The van der Waals surface area contributed by atoms with E-state index in [2.05, 4.69) is 36.4 Å². The van der Waals surface area contributed by atoms with E-state index < -0.39 is 0 Å². The zero-order valence-electron chi connectivity index (χ0n) is 15.4. The van der Waals surface area contributed by atoms with Gasteiger partial charge in [-0.2, -0.15) is 0 Å². The normalized spacial score (nSPS) is 22.3. The first-order valence-corrected chi connectivity index (χ1v) is 9.19. The molecule has 2 heterocycles. The number of nitrogens with one attached hydrogen (secondary N) is 2. The molecule has 25 heavy (non-hydrogen) atoms. The molecule has 0 bridgehead atoms.